The minimum atomic E-state index is -0.840. The summed E-state index contributed by atoms with van der Waals surface area (Å²) in [6.45, 7) is 1.98. The first-order valence-electron chi connectivity index (χ1n) is 12.9. The number of aryl methyl sites for hydroxylation is 1. The molecule has 1 fully saturated rings. The molecule has 9 heteroatoms. The van der Waals surface area contributed by atoms with E-state index in [1.807, 2.05) is 37.3 Å². The van der Waals surface area contributed by atoms with Gasteiger partial charge in [0.15, 0.2) is 28.7 Å². The van der Waals surface area contributed by atoms with Crippen LogP contribution in [-0.2, 0) is 11.2 Å². The van der Waals surface area contributed by atoms with Crippen molar-refractivity contribution in [2.75, 3.05) is 13.7 Å². The van der Waals surface area contributed by atoms with E-state index < -0.39 is 17.5 Å². The van der Waals surface area contributed by atoms with Crippen LogP contribution in [0.3, 0.4) is 0 Å². The lowest BCUT2D eigenvalue weighted by molar-refractivity contribution is 0.0426. The predicted molar refractivity (Wildman–Crippen MR) is 149 cm³/mol. The number of hydrogen-bond acceptors (Lipinski definition) is 6. The Kier molecular flexibility index (Phi) is 6.42. The fraction of sp³-hybridized carbons (Fsp3) is 0.226. The number of benzene rings is 3. The number of methoxy groups -OCH3 is 1. The normalized spacial score (nSPS) is 18.0. The van der Waals surface area contributed by atoms with Crippen molar-refractivity contribution in [3.8, 4) is 23.0 Å². The molecule has 2 atom stereocenters. The SMILES string of the molecule is COc1cc2c(Oc3ccc4[nH]c(C)cc4c3F)ccnc2cc1OCC1(OC(N)=O)CC1Cc1ccccc1. The predicted octanol–water partition coefficient (Wildman–Crippen LogP) is 6.44. The second-order valence-corrected chi connectivity index (χ2v) is 10.1. The number of carbonyl (C=O) groups excluding carboxylic acids is 1. The van der Waals surface area contributed by atoms with Crippen molar-refractivity contribution >= 4 is 27.9 Å². The zero-order chi connectivity index (χ0) is 27.9. The fourth-order valence-corrected chi connectivity index (χ4v) is 5.22. The van der Waals surface area contributed by atoms with Crippen molar-refractivity contribution in [1.82, 2.24) is 9.97 Å². The Balaban J connectivity index is 1.26. The number of aromatic amines is 1. The Bertz CT molecular complexity index is 1720. The number of ether oxygens (including phenoxy) is 4. The van der Waals surface area contributed by atoms with Gasteiger partial charge in [-0.3, -0.25) is 4.98 Å². The average Bonchev–Trinajstić information content (AvgIpc) is 3.44. The van der Waals surface area contributed by atoms with Gasteiger partial charge in [0.25, 0.3) is 0 Å². The van der Waals surface area contributed by atoms with Gasteiger partial charge in [0.1, 0.15) is 12.4 Å². The summed E-state index contributed by atoms with van der Waals surface area (Å²) in [6.07, 6.45) is 2.11. The highest BCUT2D eigenvalue weighted by Gasteiger charge is 2.58. The van der Waals surface area contributed by atoms with E-state index in [4.69, 9.17) is 24.7 Å². The van der Waals surface area contributed by atoms with Crippen LogP contribution in [0.25, 0.3) is 21.8 Å². The number of rotatable bonds is 9. The van der Waals surface area contributed by atoms with Crippen molar-refractivity contribution in [2.24, 2.45) is 11.7 Å². The van der Waals surface area contributed by atoms with Crippen LogP contribution in [0.1, 0.15) is 17.7 Å². The number of nitrogens with two attached hydrogens (primary N) is 1. The summed E-state index contributed by atoms with van der Waals surface area (Å²) in [5.41, 5.74) is 7.84. The van der Waals surface area contributed by atoms with Gasteiger partial charge in [-0.15, -0.1) is 0 Å². The summed E-state index contributed by atoms with van der Waals surface area (Å²) < 4.78 is 38.5. The van der Waals surface area contributed by atoms with E-state index in [-0.39, 0.29) is 18.3 Å². The molecule has 0 aliphatic heterocycles. The minimum absolute atomic E-state index is 0.0722. The molecule has 1 saturated carbocycles. The molecule has 0 radical (unpaired) electrons. The first kappa shape index (κ1) is 25.5. The highest BCUT2D eigenvalue weighted by Crippen LogP contribution is 2.50. The molecule has 204 valence electrons. The summed E-state index contributed by atoms with van der Waals surface area (Å²) in [5.74, 6) is 0.988. The molecule has 3 N–H and O–H groups in total. The largest absolute Gasteiger partial charge is 0.493 e. The van der Waals surface area contributed by atoms with E-state index in [0.717, 1.165) is 17.7 Å². The Labute approximate surface area is 229 Å². The molecule has 40 heavy (non-hydrogen) atoms. The van der Waals surface area contributed by atoms with Gasteiger partial charge in [-0.2, -0.15) is 0 Å². The lowest BCUT2D eigenvalue weighted by Crippen LogP contribution is -2.32. The van der Waals surface area contributed by atoms with Gasteiger partial charge in [-0.1, -0.05) is 30.3 Å². The molecule has 6 rings (SSSR count). The molecular formula is C31H28FN3O5. The molecule has 2 unspecified atom stereocenters. The number of amides is 1. The van der Waals surface area contributed by atoms with Crippen molar-refractivity contribution in [3.63, 3.8) is 0 Å². The van der Waals surface area contributed by atoms with Gasteiger partial charge in [0, 0.05) is 40.2 Å². The Morgan fingerprint density at radius 3 is 2.65 bits per heavy atom. The van der Waals surface area contributed by atoms with Crippen LogP contribution in [0, 0.1) is 18.7 Å². The summed E-state index contributed by atoms with van der Waals surface area (Å²) in [7, 11) is 1.53. The summed E-state index contributed by atoms with van der Waals surface area (Å²) in [6, 6.07) is 20.2. The Hall–Kier alpha value is -4.79. The number of H-pyrrole nitrogens is 1. The topological polar surface area (TPSA) is 109 Å². The monoisotopic (exact) mass is 541 g/mol. The molecule has 5 aromatic rings. The molecule has 1 aliphatic carbocycles. The van der Waals surface area contributed by atoms with Crippen LogP contribution < -0.4 is 19.9 Å². The maximum Gasteiger partial charge on any atom is 0.405 e. The number of aromatic nitrogens is 2. The molecule has 0 bridgehead atoms. The van der Waals surface area contributed by atoms with E-state index in [9.17, 15) is 4.79 Å². The number of nitrogens with one attached hydrogen (secondary N) is 1. The first-order chi connectivity index (χ1) is 19.3. The van der Waals surface area contributed by atoms with Crippen molar-refractivity contribution in [2.45, 2.75) is 25.4 Å². The average molecular weight is 542 g/mol. The molecule has 8 nitrogen and oxygen atoms in total. The Morgan fingerprint density at radius 2 is 1.88 bits per heavy atom. The maximum atomic E-state index is 15.2. The van der Waals surface area contributed by atoms with E-state index >= 15 is 4.39 Å². The molecule has 3 aromatic carbocycles. The van der Waals surface area contributed by atoms with Gasteiger partial charge < -0.3 is 29.7 Å². The van der Waals surface area contributed by atoms with Gasteiger partial charge in [0.2, 0.25) is 0 Å². The fourth-order valence-electron chi connectivity index (χ4n) is 5.22. The number of primary amides is 1. The first-order valence-corrected chi connectivity index (χ1v) is 12.9. The lowest BCUT2D eigenvalue weighted by atomic mass is 10.1. The van der Waals surface area contributed by atoms with Crippen molar-refractivity contribution in [1.29, 1.82) is 0 Å². The van der Waals surface area contributed by atoms with Crippen molar-refractivity contribution < 1.29 is 28.1 Å². The summed E-state index contributed by atoms with van der Waals surface area (Å²) in [5, 5.41) is 1.08. The molecule has 0 saturated heterocycles. The van der Waals surface area contributed by atoms with Gasteiger partial charge in [-0.25, -0.2) is 9.18 Å². The quantitative estimate of drug-likeness (QED) is 0.222. The highest BCUT2D eigenvalue weighted by atomic mass is 19.1. The molecular weight excluding hydrogens is 513 g/mol. The summed E-state index contributed by atoms with van der Waals surface area (Å²) >= 11 is 0. The third-order valence-corrected chi connectivity index (χ3v) is 7.32. The zero-order valence-electron chi connectivity index (χ0n) is 22.1. The molecule has 2 heterocycles. The van der Waals surface area contributed by atoms with E-state index in [1.165, 1.54) is 7.11 Å². The number of carbonyl (C=O) groups is 1. The number of nitrogens with zero attached hydrogens (tertiary/aromatic N) is 1. The molecule has 0 spiro atoms. The third kappa shape index (κ3) is 4.86. The third-order valence-electron chi connectivity index (χ3n) is 7.32. The number of hydrogen-bond donors (Lipinski definition) is 2. The van der Waals surface area contributed by atoms with E-state index in [0.29, 0.717) is 45.5 Å². The van der Waals surface area contributed by atoms with Gasteiger partial charge in [0.05, 0.1) is 12.6 Å². The second-order valence-electron chi connectivity index (χ2n) is 10.1. The van der Waals surface area contributed by atoms with Gasteiger partial charge in [-0.05, 0) is 55.7 Å². The van der Waals surface area contributed by atoms with Crippen LogP contribution in [-0.4, -0.2) is 35.4 Å². The number of pyridine rings is 1. The molecule has 2 aromatic heterocycles. The molecule has 1 amide bonds. The van der Waals surface area contributed by atoms with E-state index in [2.05, 4.69) is 9.97 Å². The number of halogens is 1. The van der Waals surface area contributed by atoms with Crippen molar-refractivity contribution in [3.05, 3.63) is 90.0 Å². The lowest BCUT2D eigenvalue weighted by Gasteiger charge is -2.20. The van der Waals surface area contributed by atoms with Crippen LogP contribution in [0.4, 0.5) is 9.18 Å². The molecule has 1 aliphatic rings. The smallest absolute Gasteiger partial charge is 0.405 e. The highest BCUT2D eigenvalue weighted by molar-refractivity contribution is 5.89. The van der Waals surface area contributed by atoms with Crippen LogP contribution >= 0.6 is 0 Å². The van der Waals surface area contributed by atoms with E-state index in [1.54, 1.807) is 42.6 Å². The maximum absolute atomic E-state index is 15.2. The minimum Gasteiger partial charge on any atom is -0.493 e. The summed E-state index contributed by atoms with van der Waals surface area (Å²) in [4.78, 5) is 19.3. The van der Waals surface area contributed by atoms with Crippen LogP contribution in [0.15, 0.2) is 72.9 Å². The second kappa shape index (κ2) is 10.1. The van der Waals surface area contributed by atoms with Gasteiger partial charge >= 0.3 is 6.09 Å². The van der Waals surface area contributed by atoms with Crippen LogP contribution in [0.5, 0.6) is 23.0 Å². The number of fused-ring (bicyclic) bond motifs is 2. The standard InChI is InChI=1S/C31H28FN3O5/c1-18-12-22-23(35-18)8-9-26(29(22)32)39-25-10-11-34-24-15-28(27(37-2)14-21(24)25)38-17-31(40-30(33)36)16-20(31)13-19-6-4-3-5-7-19/h3-12,14-15,20,35H,13,16-17H2,1-2H3,(H2,33,36). The van der Waals surface area contributed by atoms with Crippen LogP contribution in [0.2, 0.25) is 0 Å². The zero-order valence-corrected chi connectivity index (χ0v) is 22.1. The Morgan fingerprint density at radius 1 is 1.05 bits per heavy atom.